The second-order valence-electron chi connectivity index (χ2n) is 4.00. The van der Waals surface area contributed by atoms with Crippen LogP contribution in [0.4, 0.5) is 13.2 Å². The third-order valence-electron chi connectivity index (χ3n) is 2.61. The highest BCUT2D eigenvalue weighted by molar-refractivity contribution is 5.82. The monoisotopic (exact) mass is 302 g/mol. The highest BCUT2D eigenvalue weighted by Gasteiger charge is 2.33. The van der Waals surface area contributed by atoms with Crippen molar-refractivity contribution in [3.63, 3.8) is 0 Å². The lowest BCUT2D eigenvalue weighted by Crippen LogP contribution is -2.13. The molecule has 1 heterocycles. The average Bonchev–Trinajstić information content (AvgIpc) is 2.42. The van der Waals surface area contributed by atoms with Crippen LogP contribution in [0.1, 0.15) is 5.56 Å². The Morgan fingerprint density at radius 3 is 2.62 bits per heavy atom. The highest BCUT2D eigenvalue weighted by Crippen LogP contribution is 2.34. The van der Waals surface area contributed by atoms with E-state index in [1.807, 2.05) is 0 Å². The number of benzene rings is 1. The Morgan fingerprint density at radius 2 is 2.00 bits per heavy atom. The van der Waals surface area contributed by atoms with Crippen molar-refractivity contribution in [2.75, 3.05) is 13.7 Å². The molecule has 21 heavy (non-hydrogen) atoms. The van der Waals surface area contributed by atoms with Crippen LogP contribution >= 0.6 is 0 Å². The molecule has 0 unspecified atom stereocenters. The molecule has 0 saturated heterocycles. The maximum absolute atomic E-state index is 12.8. The van der Waals surface area contributed by atoms with E-state index in [4.69, 9.17) is 9.15 Å². The number of fused-ring (bicyclic) bond motifs is 1. The molecule has 0 spiro atoms. The predicted octanol–water partition coefficient (Wildman–Crippen LogP) is 2.36. The third-order valence-corrected chi connectivity index (χ3v) is 2.61. The zero-order valence-electron chi connectivity index (χ0n) is 10.7. The molecule has 0 amide bonds. The van der Waals surface area contributed by atoms with Crippen LogP contribution in [0.25, 0.3) is 11.0 Å². The van der Waals surface area contributed by atoms with Gasteiger partial charge in [0, 0.05) is 17.5 Å². The fourth-order valence-corrected chi connectivity index (χ4v) is 1.67. The molecular formula is C13H9F3O5. The lowest BCUT2D eigenvalue weighted by molar-refractivity contribution is -0.143. The summed E-state index contributed by atoms with van der Waals surface area (Å²) in [5.41, 5.74) is -2.49. The van der Waals surface area contributed by atoms with Gasteiger partial charge in [-0.1, -0.05) is 0 Å². The van der Waals surface area contributed by atoms with E-state index in [0.29, 0.717) is 6.07 Å². The van der Waals surface area contributed by atoms with Crippen molar-refractivity contribution in [1.82, 2.24) is 0 Å². The fourth-order valence-electron chi connectivity index (χ4n) is 1.67. The van der Waals surface area contributed by atoms with Gasteiger partial charge in [0.2, 0.25) is 0 Å². The summed E-state index contributed by atoms with van der Waals surface area (Å²) in [6.45, 7) is -0.412. The van der Waals surface area contributed by atoms with Crippen molar-refractivity contribution in [1.29, 1.82) is 0 Å². The van der Waals surface area contributed by atoms with Crippen LogP contribution in [0.5, 0.6) is 5.75 Å². The first kappa shape index (κ1) is 14.9. The Morgan fingerprint density at radius 1 is 1.29 bits per heavy atom. The molecule has 112 valence electrons. The smallest absolute Gasteiger partial charge is 0.417 e. The molecule has 0 aliphatic carbocycles. The molecule has 1 aromatic heterocycles. The van der Waals surface area contributed by atoms with E-state index >= 15 is 0 Å². The van der Waals surface area contributed by atoms with Gasteiger partial charge in [-0.15, -0.1) is 0 Å². The number of methoxy groups -OCH3 is 1. The SMILES string of the molecule is COC(=O)COc1ccc2c(C(F)(F)F)cc(=O)oc2c1. The van der Waals surface area contributed by atoms with Crippen molar-refractivity contribution in [2.24, 2.45) is 0 Å². The Bertz CT molecular complexity index is 733. The van der Waals surface area contributed by atoms with E-state index in [1.165, 1.54) is 13.2 Å². The molecule has 0 atom stereocenters. The molecule has 1 aromatic carbocycles. The van der Waals surface area contributed by atoms with Gasteiger partial charge in [0.15, 0.2) is 6.61 Å². The van der Waals surface area contributed by atoms with Crippen molar-refractivity contribution in [3.05, 3.63) is 40.2 Å². The molecule has 0 N–H and O–H groups in total. The lowest BCUT2D eigenvalue weighted by atomic mass is 10.1. The molecule has 8 heteroatoms. The number of carbonyl (C=O) groups excluding carboxylic acids is 1. The molecule has 0 fully saturated rings. The Hall–Kier alpha value is -2.51. The van der Waals surface area contributed by atoms with Gasteiger partial charge >= 0.3 is 17.8 Å². The molecular weight excluding hydrogens is 293 g/mol. The van der Waals surface area contributed by atoms with Gasteiger partial charge in [-0.25, -0.2) is 9.59 Å². The minimum absolute atomic E-state index is 0.0791. The number of hydrogen-bond acceptors (Lipinski definition) is 5. The molecule has 0 aliphatic heterocycles. The molecule has 0 aliphatic rings. The number of esters is 1. The predicted molar refractivity (Wildman–Crippen MR) is 65.0 cm³/mol. The van der Waals surface area contributed by atoms with Gasteiger partial charge in [-0.3, -0.25) is 0 Å². The van der Waals surface area contributed by atoms with Gasteiger partial charge < -0.3 is 13.9 Å². The number of ether oxygens (including phenoxy) is 2. The van der Waals surface area contributed by atoms with Crippen LogP contribution in [0, 0.1) is 0 Å². The second-order valence-corrected chi connectivity index (χ2v) is 4.00. The molecule has 2 aromatic rings. The summed E-state index contributed by atoms with van der Waals surface area (Å²) in [6, 6.07) is 3.83. The second kappa shape index (κ2) is 5.47. The first-order valence-electron chi connectivity index (χ1n) is 5.66. The maximum atomic E-state index is 12.8. The number of rotatable bonds is 3. The molecule has 2 rings (SSSR count). The molecule has 0 radical (unpaired) electrons. The van der Waals surface area contributed by atoms with Crippen LogP contribution in [0.15, 0.2) is 33.5 Å². The topological polar surface area (TPSA) is 65.7 Å². The van der Waals surface area contributed by atoms with E-state index in [-0.39, 0.29) is 16.7 Å². The van der Waals surface area contributed by atoms with Crippen molar-refractivity contribution in [3.8, 4) is 5.75 Å². The number of hydrogen-bond donors (Lipinski definition) is 0. The Balaban J connectivity index is 2.45. The first-order valence-corrected chi connectivity index (χ1v) is 5.66. The number of alkyl halides is 3. The van der Waals surface area contributed by atoms with Gasteiger partial charge in [0.05, 0.1) is 12.7 Å². The standard InChI is InChI=1S/C13H9F3O5/c1-19-12(18)6-20-7-2-3-8-9(13(14,15)16)5-11(17)21-10(8)4-7/h2-5H,6H2,1H3. The van der Waals surface area contributed by atoms with Crippen LogP contribution in [0.3, 0.4) is 0 Å². The van der Waals surface area contributed by atoms with Crippen molar-refractivity contribution in [2.45, 2.75) is 6.18 Å². The van der Waals surface area contributed by atoms with E-state index in [0.717, 1.165) is 12.1 Å². The minimum atomic E-state index is -4.68. The summed E-state index contributed by atoms with van der Waals surface area (Å²) in [7, 11) is 1.17. The lowest BCUT2D eigenvalue weighted by Gasteiger charge is -2.10. The van der Waals surface area contributed by atoms with E-state index in [1.54, 1.807) is 0 Å². The first-order chi connectivity index (χ1) is 9.81. The van der Waals surface area contributed by atoms with Gasteiger partial charge in [-0.05, 0) is 12.1 Å². The molecule has 5 nitrogen and oxygen atoms in total. The summed E-state index contributed by atoms with van der Waals surface area (Å²) in [4.78, 5) is 22.1. The average molecular weight is 302 g/mol. The summed E-state index contributed by atoms with van der Waals surface area (Å²) in [5, 5.41) is -0.271. The Labute approximate surface area is 115 Å². The number of halogens is 3. The third kappa shape index (κ3) is 3.33. The maximum Gasteiger partial charge on any atom is 0.417 e. The van der Waals surface area contributed by atoms with Crippen LogP contribution in [-0.2, 0) is 15.7 Å². The summed E-state index contributed by atoms with van der Waals surface area (Å²) in [6.07, 6.45) is -4.68. The van der Waals surface area contributed by atoms with Crippen LogP contribution in [-0.4, -0.2) is 19.7 Å². The molecule has 0 saturated carbocycles. The zero-order valence-corrected chi connectivity index (χ0v) is 10.7. The van der Waals surface area contributed by atoms with E-state index in [9.17, 15) is 22.8 Å². The van der Waals surface area contributed by atoms with Crippen molar-refractivity contribution >= 4 is 16.9 Å². The summed E-state index contributed by atoms with van der Waals surface area (Å²) in [5.74, 6) is -0.573. The zero-order chi connectivity index (χ0) is 15.6. The van der Waals surface area contributed by atoms with Gasteiger partial charge in [0.25, 0.3) is 0 Å². The van der Waals surface area contributed by atoms with Crippen molar-refractivity contribution < 1.29 is 31.9 Å². The normalized spacial score (nSPS) is 11.4. The minimum Gasteiger partial charge on any atom is -0.482 e. The van der Waals surface area contributed by atoms with Crippen LogP contribution < -0.4 is 10.4 Å². The van der Waals surface area contributed by atoms with E-state index in [2.05, 4.69) is 4.74 Å². The van der Waals surface area contributed by atoms with Gasteiger partial charge in [0.1, 0.15) is 11.3 Å². The quantitative estimate of drug-likeness (QED) is 0.643. The fraction of sp³-hybridized carbons (Fsp3) is 0.231. The Kier molecular flexibility index (Phi) is 3.88. The molecule has 0 bridgehead atoms. The summed E-state index contributed by atoms with van der Waals surface area (Å²) >= 11 is 0. The van der Waals surface area contributed by atoms with E-state index < -0.39 is 29.9 Å². The van der Waals surface area contributed by atoms with Gasteiger partial charge in [-0.2, -0.15) is 13.2 Å². The largest absolute Gasteiger partial charge is 0.482 e. The van der Waals surface area contributed by atoms with Crippen LogP contribution in [0.2, 0.25) is 0 Å². The summed E-state index contributed by atoms with van der Waals surface area (Å²) < 4.78 is 52.6. The highest BCUT2D eigenvalue weighted by atomic mass is 19.4. The number of carbonyl (C=O) groups is 1.